The molecule has 2 N–H and O–H groups in total. The van der Waals surface area contributed by atoms with Crippen LogP contribution < -0.4 is 10.6 Å². The Bertz CT molecular complexity index is 394. The van der Waals surface area contributed by atoms with Crippen LogP contribution >= 0.6 is 15.9 Å². The molecule has 0 saturated carbocycles. The first-order valence-electron chi connectivity index (χ1n) is 6.94. The maximum Gasteiger partial charge on any atom is 0.128 e. The average molecular weight is 328 g/mol. The molecule has 19 heavy (non-hydrogen) atoms. The molecule has 0 bridgehead atoms. The first kappa shape index (κ1) is 14.8. The van der Waals surface area contributed by atoms with Gasteiger partial charge in [-0.05, 0) is 66.8 Å². The van der Waals surface area contributed by atoms with Crippen molar-refractivity contribution in [3.63, 3.8) is 0 Å². The van der Waals surface area contributed by atoms with Crippen molar-refractivity contribution in [1.82, 2.24) is 10.3 Å². The highest BCUT2D eigenvalue weighted by Gasteiger charge is 2.12. The molecular formula is C14H22BrN3O. The lowest BCUT2D eigenvalue weighted by Gasteiger charge is -2.22. The Balaban J connectivity index is 1.61. The molecule has 1 aromatic rings. The van der Waals surface area contributed by atoms with Crippen LogP contribution in [0.1, 0.15) is 24.8 Å². The van der Waals surface area contributed by atoms with E-state index in [2.05, 4.69) is 44.5 Å². The van der Waals surface area contributed by atoms with Gasteiger partial charge in [-0.2, -0.15) is 0 Å². The van der Waals surface area contributed by atoms with Crippen LogP contribution in [-0.2, 0) is 4.74 Å². The molecular weight excluding hydrogens is 306 g/mol. The summed E-state index contributed by atoms with van der Waals surface area (Å²) in [4.78, 5) is 4.36. The third-order valence-corrected chi connectivity index (χ3v) is 3.73. The second-order valence-electron chi connectivity index (χ2n) is 4.92. The molecule has 1 aliphatic heterocycles. The Hall–Kier alpha value is -0.650. The van der Waals surface area contributed by atoms with Gasteiger partial charge in [0.1, 0.15) is 5.82 Å². The lowest BCUT2D eigenvalue weighted by Crippen LogP contribution is -2.32. The number of ether oxygens (including phenoxy) is 1. The van der Waals surface area contributed by atoms with Crippen LogP contribution in [0.5, 0.6) is 0 Å². The van der Waals surface area contributed by atoms with Gasteiger partial charge in [-0.3, -0.25) is 0 Å². The van der Waals surface area contributed by atoms with Crippen molar-refractivity contribution in [2.45, 2.75) is 32.3 Å². The predicted octanol–water partition coefficient (Wildman–Crippen LogP) is 2.72. The first-order chi connectivity index (χ1) is 9.25. The lowest BCUT2D eigenvalue weighted by molar-refractivity contribution is 0.0329. The van der Waals surface area contributed by atoms with Crippen LogP contribution in [0.25, 0.3) is 0 Å². The standard InChI is InChI=1S/C14H22BrN3O/c1-11-9-12(15)10-18-14(11)17-5-2-8-19-13-3-6-16-7-4-13/h9-10,13,16H,2-8H2,1H3,(H,17,18). The number of halogens is 1. The summed E-state index contributed by atoms with van der Waals surface area (Å²) < 4.78 is 6.88. The Kier molecular flexibility index (Phi) is 6.07. The summed E-state index contributed by atoms with van der Waals surface area (Å²) in [5.74, 6) is 0.963. The highest BCUT2D eigenvalue weighted by molar-refractivity contribution is 9.10. The van der Waals surface area contributed by atoms with Gasteiger partial charge in [-0.25, -0.2) is 4.98 Å². The molecule has 0 spiro atoms. The topological polar surface area (TPSA) is 46.2 Å². The molecule has 1 aliphatic rings. The number of hydrogen-bond donors (Lipinski definition) is 2. The van der Waals surface area contributed by atoms with Gasteiger partial charge >= 0.3 is 0 Å². The molecule has 0 radical (unpaired) electrons. The van der Waals surface area contributed by atoms with E-state index in [-0.39, 0.29) is 0 Å². The van der Waals surface area contributed by atoms with E-state index in [0.717, 1.165) is 61.4 Å². The largest absolute Gasteiger partial charge is 0.378 e. The summed E-state index contributed by atoms with van der Waals surface area (Å²) in [6.07, 6.45) is 5.57. The first-order valence-corrected chi connectivity index (χ1v) is 7.73. The van der Waals surface area contributed by atoms with E-state index >= 15 is 0 Å². The van der Waals surface area contributed by atoms with E-state index < -0.39 is 0 Å². The Morgan fingerprint density at radius 2 is 2.26 bits per heavy atom. The van der Waals surface area contributed by atoms with Crippen LogP contribution in [-0.4, -0.2) is 37.3 Å². The second-order valence-corrected chi connectivity index (χ2v) is 5.84. The highest BCUT2D eigenvalue weighted by Crippen LogP contribution is 2.16. The van der Waals surface area contributed by atoms with Gasteiger partial charge in [-0.1, -0.05) is 0 Å². The molecule has 1 aromatic heterocycles. The number of nitrogens with one attached hydrogen (secondary N) is 2. The molecule has 1 fully saturated rings. The van der Waals surface area contributed by atoms with Crippen molar-refractivity contribution in [1.29, 1.82) is 0 Å². The number of piperidine rings is 1. The van der Waals surface area contributed by atoms with Crippen molar-refractivity contribution in [2.75, 3.05) is 31.6 Å². The summed E-state index contributed by atoms with van der Waals surface area (Å²) in [6, 6.07) is 2.07. The molecule has 0 amide bonds. The minimum atomic E-state index is 0.453. The Morgan fingerprint density at radius 1 is 1.47 bits per heavy atom. The maximum absolute atomic E-state index is 5.86. The van der Waals surface area contributed by atoms with E-state index in [1.165, 1.54) is 0 Å². The minimum Gasteiger partial charge on any atom is -0.378 e. The molecule has 4 nitrogen and oxygen atoms in total. The predicted molar refractivity (Wildman–Crippen MR) is 81.6 cm³/mol. The Morgan fingerprint density at radius 3 is 3.00 bits per heavy atom. The molecule has 0 atom stereocenters. The van der Waals surface area contributed by atoms with Gasteiger partial charge in [0, 0.05) is 23.8 Å². The number of aryl methyl sites for hydroxylation is 1. The number of nitrogens with zero attached hydrogens (tertiary/aromatic N) is 1. The van der Waals surface area contributed by atoms with Gasteiger partial charge in [0.05, 0.1) is 6.10 Å². The molecule has 2 heterocycles. The van der Waals surface area contributed by atoms with Gasteiger partial charge in [-0.15, -0.1) is 0 Å². The fraction of sp³-hybridized carbons (Fsp3) is 0.643. The number of anilines is 1. The van der Waals surface area contributed by atoms with Crippen LogP contribution in [0.2, 0.25) is 0 Å². The third-order valence-electron chi connectivity index (χ3n) is 3.30. The molecule has 0 aliphatic carbocycles. The van der Waals surface area contributed by atoms with Crippen molar-refractivity contribution >= 4 is 21.7 Å². The fourth-order valence-corrected chi connectivity index (χ4v) is 2.66. The number of rotatable bonds is 6. The van der Waals surface area contributed by atoms with Crippen LogP contribution in [0.15, 0.2) is 16.7 Å². The quantitative estimate of drug-likeness (QED) is 0.789. The van der Waals surface area contributed by atoms with E-state index in [1.54, 1.807) is 0 Å². The highest BCUT2D eigenvalue weighted by atomic mass is 79.9. The van der Waals surface area contributed by atoms with E-state index in [4.69, 9.17) is 4.74 Å². The molecule has 0 unspecified atom stereocenters. The summed E-state index contributed by atoms with van der Waals surface area (Å²) in [5, 5.41) is 6.70. The molecule has 5 heteroatoms. The van der Waals surface area contributed by atoms with Crippen LogP contribution in [0.4, 0.5) is 5.82 Å². The summed E-state index contributed by atoms with van der Waals surface area (Å²) >= 11 is 3.42. The molecule has 1 saturated heterocycles. The van der Waals surface area contributed by atoms with E-state index in [1.807, 2.05) is 6.20 Å². The third kappa shape index (κ3) is 5.09. The molecule has 2 rings (SSSR count). The van der Waals surface area contributed by atoms with Crippen molar-refractivity contribution in [3.05, 3.63) is 22.3 Å². The monoisotopic (exact) mass is 327 g/mol. The number of pyridine rings is 1. The van der Waals surface area contributed by atoms with Crippen LogP contribution in [0.3, 0.4) is 0 Å². The summed E-state index contributed by atoms with van der Waals surface area (Å²) in [6.45, 7) is 5.97. The van der Waals surface area contributed by atoms with Gasteiger partial charge in [0.25, 0.3) is 0 Å². The lowest BCUT2D eigenvalue weighted by atomic mass is 10.1. The number of hydrogen-bond acceptors (Lipinski definition) is 4. The smallest absolute Gasteiger partial charge is 0.128 e. The zero-order chi connectivity index (χ0) is 13.5. The second kappa shape index (κ2) is 7.82. The minimum absolute atomic E-state index is 0.453. The van der Waals surface area contributed by atoms with Crippen LogP contribution in [0, 0.1) is 6.92 Å². The maximum atomic E-state index is 5.86. The van der Waals surface area contributed by atoms with E-state index in [0.29, 0.717) is 6.10 Å². The van der Waals surface area contributed by atoms with Crippen molar-refractivity contribution in [2.24, 2.45) is 0 Å². The van der Waals surface area contributed by atoms with Gasteiger partial charge in [0.15, 0.2) is 0 Å². The van der Waals surface area contributed by atoms with Gasteiger partial charge in [0.2, 0.25) is 0 Å². The molecule has 0 aromatic carbocycles. The number of aromatic nitrogens is 1. The zero-order valence-electron chi connectivity index (χ0n) is 11.4. The molecule has 106 valence electrons. The zero-order valence-corrected chi connectivity index (χ0v) is 13.0. The Labute approximate surface area is 123 Å². The summed E-state index contributed by atoms with van der Waals surface area (Å²) in [5.41, 5.74) is 1.16. The van der Waals surface area contributed by atoms with Crippen molar-refractivity contribution < 1.29 is 4.74 Å². The van der Waals surface area contributed by atoms with E-state index in [9.17, 15) is 0 Å². The average Bonchev–Trinajstić information content (AvgIpc) is 2.42. The van der Waals surface area contributed by atoms with Crippen molar-refractivity contribution in [3.8, 4) is 0 Å². The summed E-state index contributed by atoms with van der Waals surface area (Å²) in [7, 11) is 0. The SMILES string of the molecule is Cc1cc(Br)cnc1NCCCOC1CCNCC1. The van der Waals surface area contributed by atoms with Gasteiger partial charge < -0.3 is 15.4 Å². The normalized spacial score (nSPS) is 16.5. The fourth-order valence-electron chi connectivity index (χ4n) is 2.22.